The molecule has 0 saturated carbocycles. The summed E-state index contributed by atoms with van der Waals surface area (Å²) < 4.78 is 5.68. The molecule has 2 aromatic heterocycles. The Morgan fingerprint density at radius 3 is 2.57 bits per heavy atom. The van der Waals surface area contributed by atoms with Crippen LogP contribution in [0.4, 0.5) is 0 Å². The highest BCUT2D eigenvalue weighted by molar-refractivity contribution is 7.10. The topological polar surface area (TPSA) is 25.2 Å². The lowest BCUT2D eigenvalue weighted by Crippen LogP contribution is -2.21. The maximum absolute atomic E-state index is 5.68. The first-order valence-corrected chi connectivity index (χ1v) is 8.99. The summed E-state index contributed by atoms with van der Waals surface area (Å²) in [6.45, 7) is 5.30. The molecular weight excluding hydrogens is 302 g/mol. The lowest BCUT2D eigenvalue weighted by molar-refractivity contribution is 0.458. The van der Waals surface area contributed by atoms with Crippen LogP contribution in [0.15, 0.2) is 64.6 Å². The van der Waals surface area contributed by atoms with Crippen molar-refractivity contribution in [1.82, 2.24) is 5.32 Å². The summed E-state index contributed by atoms with van der Waals surface area (Å²) in [5.74, 6) is 1.34. The van der Waals surface area contributed by atoms with Crippen molar-refractivity contribution >= 4 is 11.3 Å². The van der Waals surface area contributed by atoms with Crippen molar-refractivity contribution in [2.24, 2.45) is 0 Å². The molecule has 1 aromatic carbocycles. The number of nitrogens with one attached hydrogen (secondary N) is 1. The molecule has 0 amide bonds. The van der Waals surface area contributed by atoms with E-state index in [0.29, 0.717) is 12.0 Å². The average Bonchev–Trinajstić information content (AvgIpc) is 3.26. The number of hydrogen-bond donors (Lipinski definition) is 1. The van der Waals surface area contributed by atoms with Gasteiger partial charge >= 0.3 is 0 Å². The van der Waals surface area contributed by atoms with Crippen LogP contribution in [0.25, 0.3) is 0 Å². The van der Waals surface area contributed by atoms with Crippen LogP contribution in [0.3, 0.4) is 0 Å². The molecule has 0 aliphatic carbocycles. The van der Waals surface area contributed by atoms with Gasteiger partial charge in [0.1, 0.15) is 5.76 Å². The molecule has 2 nitrogen and oxygen atoms in total. The fraction of sp³-hybridized carbons (Fsp3) is 0.300. The molecule has 1 N–H and O–H groups in total. The van der Waals surface area contributed by atoms with Crippen molar-refractivity contribution < 1.29 is 4.42 Å². The standard InChI is InChI=1S/C20H23NOS/c1-15-7-9-17(10-8-15)18(19-5-3-13-22-19)11-12-21-16(2)20-6-4-14-23-20/h3-10,13-14,16,18,21H,11-12H2,1-2H3/t16-,18+/m1/s1. The molecule has 0 aliphatic rings. The smallest absolute Gasteiger partial charge is 0.111 e. The van der Waals surface area contributed by atoms with Crippen LogP contribution in [0.1, 0.15) is 47.1 Å². The number of hydrogen-bond acceptors (Lipinski definition) is 3. The van der Waals surface area contributed by atoms with Crippen LogP contribution in [0.5, 0.6) is 0 Å². The first-order chi connectivity index (χ1) is 11.2. The highest BCUT2D eigenvalue weighted by Crippen LogP contribution is 2.29. The minimum atomic E-state index is 0.300. The lowest BCUT2D eigenvalue weighted by Gasteiger charge is -2.18. The Hall–Kier alpha value is -1.84. The minimum Gasteiger partial charge on any atom is -0.469 e. The molecule has 0 aliphatic heterocycles. The first kappa shape index (κ1) is 16.0. The maximum Gasteiger partial charge on any atom is 0.111 e. The molecule has 3 heteroatoms. The van der Waals surface area contributed by atoms with Gasteiger partial charge in [0.05, 0.1) is 6.26 Å². The summed E-state index contributed by atoms with van der Waals surface area (Å²) in [6, 6.07) is 17.5. The van der Waals surface area contributed by atoms with E-state index >= 15 is 0 Å². The Kier molecular flexibility index (Phi) is 5.31. The SMILES string of the molecule is Cc1ccc([C@H](CCN[C@H](C)c2cccs2)c2ccco2)cc1. The second-order valence-electron chi connectivity index (χ2n) is 5.96. The second-order valence-corrected chi connectivity index (χ2v) is 6.94. The maximum atomic E-state index is 5.68. The zero-order valence-corrected chi connectivity index (χ0v) is 14.5. The van der Waals surface area contributed by atoms with E-state index in [1.54, 1.807) is 17.6 Å². The van der Waals surface area contributed by atoms with Crippen LogP contribution < -0.4 is 5.32 Å². The van der Waals surface area contributed by atoms with Gasteiger partial charge in [-0.1, -0.05) is 35.9 Å². The first-order valence-electron chi connectivity index (χ1n) is 8.11. The Balaban J connectivity index is 1.66. The van der Waals surface area contributed by atoms with E-state index in [0.717, 1.165) is 18.7 Å². The molecule has 120 valence electrons. The van der Waals surface area contributed by atoms with E-state index < -0.39 is 0 Å². The largest absolute Gasteiger partial charge is 0.469 e. The highest BCUT2D eigenvalue weighted by Gasteiger charge is 2.17. The van der Waals surface area contributed by atoms with Crippen LogP contribution in [-0.4, -0.2) is 6.54 Å². The molecule has 0 fully saturated rings. The normalized spacial score (nSPS) is 13.8. The third-order valence-electron chi connectivity index (χ3n) is 4.22. The lowest BCUT2D eigenvalue weighted by atomic mass is 9.92. The summed E-state index contributed by atoms with van der Waals surface area (Å²) in [4.78, 5) is 1.38. The molecule has 0 saturated heterocycles. The van der Waals surface area contributed by atoms with E-state index in [1.807, 2.05) is 6.07 Å². The summed E-state index contributed by atoms with van der Waals surface area (Å²) in [5.41, 5.74) is 2.60. The number of benzene rings is 1. The molecule has 0 radical (unpaired) electrons. The molecule has 0 spiro atoms. The van der Waals surface area contributed by atoms with Gasteiger partial charge in [-0.15, -0.1) is 11.3 Å². The molecule has 3 rings (SSSR count). The van der Waals surface area contributed by atoms with Crippen molar-refractivity contribution in [3.63, 3.8) is 0 Å². The molecule has 3 aromatic rings. The number of rotatable bonds is 7. The molecule has 23 heavy (non-hydrogen) atoms. The number of thiophene rings is 1. The van der Waals surface area contributed by atoms with Gasteiger partial charge < -0.3 is 9.73 Å². The zero-order chi connectivity index (χ0) is 16.1. The molecule has 2 heterocycles. The quantitative estimate of drug-likeness (QED) is 0.618. The fourth-order valence-electron chi connectivity index (χ4n) is 2.84. The van der Waals surface area contributed by atoms with Gasteiger partial charge in [-0.2, -0.15) is 0 Å². The van der Waals surface area contributed by atoms with E-state index in [1.165, 1.54) is 16.0 Å². The van der Waals surface area contributed by atoms with E-state index in [9.17, 15) is 0 Å². The van der Waals surface area contributed by atoms with Gasteiger partial charge in [-0.05, 0) is 56.0 Å². The van der Waals surface area contributed by atoms with E-state index in [-0.39, 0.29) is 0 Å². The van der Waals surface area contributed by atoms with Crippen LogP contribution in [0.2, 0.25) is 0 Å². The van der Waals surface area contributed by atoms with Gasteiger partial charge in [-0.3, -0.25) is 0 Å². The Morgan fingerprint density at radius 1 is 1.09 bits per heavy atom. The van der Waals surface area contributed by atoms with Crippen LogP contribution in [-0.2, 0) is 0 Å². The molecular formula is C20H23NOS. The van der Waals surface area contributed by atoms with Crippen molar-refractivity contribution in [1.29, 1.82) is 0 Å². The Morgan fingerprint density at radius 2 is 1.91 bits per heavy atom. The molecule has 0 bridgehead atoms. The average molecular weight is 325 g/mol. The predicted molar refractivity (Wildman–Crippen MR) is 97.1 cm³/mol. The number of furan rings is 1. The van der Waals surface area contributed by atoms with Crippen molar-refractivity contribution in [3.05, 3.63) is 81.9 Å². The van der Waals surface area contributed by atoms with Crippen molar-refractivity contribution in [2.75, 3.05) is 6.54 Å². The minimum absolute atomic E-state index is 0.300. The van der Waals surface area contributed by atoms with E-state index in [2.05, 4.69) is 67.0 Å². The van der Waals surface area contributed by atoms with Gasteiger partial charge in [0.15, 0.2) is 0 Å². The van der Waals surface area contributed by atoms with Gasteiger partial charge in [-0.25, -0.2) is 0 Å². The summed E-state index contributed by atoms with van der Waals surface area (Å²) >= 11 is 1.80. The molecule has 0 unspecified atom stereocenters. The van der Waals surface area contributed by atoms with E-state index in [4.69, 9.17) is 4.42 Å². The second kappa shape index (κ2) is 7.62. The van der Waals surface area contributed by atoms with Gasteiger partial charge in [0.2, 0.25) is 0 Å². The van der Waals surface area contributed by atoms with Gasteiger partial charge in [0, 0.05) is 16.8 Å². The summed E-state index contributed by atoms with van der Waals surface area (Å²) in [7, 11) is 0. The Bertz CT molecular complexity index is 686. The fourth-order valence-corrected chi connectivity index (χ4v) is 3.60. The zero-order valence-electron chi connectivity index (χ0n) is 13.7. The number of aryl methyl sites for hydroxylation is 1. The van der Waals surface area contributed by atoms with Crippen molar-refractivity contribution in [2.45, 2.75) is 32.2 Å². The Labute approximate surface area is 142 Å². The third kappa shape index (κ3) is 4.12. The van der Waals surface area contributed by atoms with Crippen LogP contribution in [0, 0.1) is 6.92 Å². The van der Waals surface area contributed by atoms with Crippen LogP contribution >= 0.6 is 11.3 Å². The predicted octanol–water partition coefficient (Wildman–Crippen LogP) is 5.52. The summed E-state index contributed by atoms with van der Waals surface area (Å²) in [5, 5.41) is 5.76. The highest BCUT2D eigenvalue weighted by atomic mass is 32.1. The summed E-state index contributed by atoms with van der Waals surface area (Å²) in [6.07, 6.45) is 2.78. The molecule has 2 atom stereocenters. The van der Waals surface area contributed by atoms with Crippen molar-refractivity contribution in [3.8, 4) is 0 Å². The van der Waals surface area contributed by atoms with Gasteiger partial charge in [0.25, 0.3) is 0 Å². The monoisotopic (exact) mass is 325 g/mol. The third-order valence-corrected chi connectivity index (χ3v) is 5.27.